The fourth-order valence-electron chi connectivity index (χ4n) is 11.4. The minimum absolute atomic E-state index is 0.0172. The Morgan fingerprint density at radius 3 is 2.05 bits per heavy atom. The maximum Gasteiger partial charge on any atom is 0.417 e. The van der Waals surface area contributed by atoms with E-state index in [4.69, 9.17) is 14.2 Å². The zero-order valence-electron chi connectivity index (χ0n) is 52.8. The van der Waals surface area contributed by atoms with E-state index < -0.39 is 70.0 Å². The lowest BCUT2D eigenvalue weighted by atomic mass is 9.85. The highest BCUT2D eigenvalue weighted by Crippen LogP contribution is 2.37. The van der Waals surface area contributed by atoms with Crippen LogP contribution in [-0.2, 0) is 52.7 Å². The van der Waals surface area contributed by atoms with Gasteiger partial charge in [-0.15, -0.1) is 11.3 Å². The molecule has 0 aliphatic carbocycles. The number of amides is 5. The maximum absolute atomic E-state index is 15.7. The molecule has 6 N–H and O–H groups in total. The van der Waals surface area contributed by atoms with Crippen LogP contribution in [0.25, 0.3) is 21.6 Å². The van der Waals surface area contributed by atoms with E-state index in [1.807, 2.05) is 59.0 Å². The van der Waals surface area contributed by atoms with Crippen LogP contribution < -0.4 is 31.7 Å². The van der Waals surface area contributed by atoms with E-state index in [2.05, 4.69) is 64.7 Å². The molecule has 494 valence electrons. The van der Waals surface area contributed by atoms with Crippen LogP contribution in [0.3, 0.4) is 0 Å². The number of aliphatic hydroxyl groups is 1. The number of benzene rings is 3. The van der Waals surface area contributed by atoms with Crippen molar-refractivity contribution in [2.45, 2.75) is 110 Å². The average molecular weight is 1290 g/mol. The summed E-state index contributed by atoms with van der Waals surface area (Å²) in [6.45, 7) is 18.7. The summed E-state index contributed by atoms with van der Waals surface area (Å²) >= 11 is 1.56. The Labute approximate surface area is 532 Å². The lowest BCUT2D eigenvalue weighted by Gasteiger charge is -2.44. The normalized spacial score (nSPS) is 18.9. The van der Waals surface area contributed by atoms with E-state index in [0.717, 1.165) is 59.6 Å². The molecule has 0 saturated carbocycles. The number of pyridine rings is 1. The number of aryl methyl sites for hydroxylation is 1. The molecule has 1 unspecified atom stereocenters. The number of rotatable bonds is 27. The molecule has 0 spiro atoms. The van der Waals surface area contributed by atoms with Gasteiger partial charge >= 0.3 is 6.18 Å². The van der Waals surface area contributed by atoms with Crippen LogP contribution in [0, 0.1) is 18.2 Å². The molecule has 2 aromatic heterocycles. The van der Waals surface area contributed by atoms with Crippen molar-refractivity contribution in [2.75, 3.05) is 116 Å². The number of nitrogens with zero attached hydrogens (tertiary/aromatic N) is 6. The molecule has 0 bridgehead atoms. The highest BCUT2D eigenvalue weighted by Gasteiger charge is 2.45. The van der Waals surface area contributed by atoms with Gasteiger partial charge in [0.25, 0.3) is 5.91 Å². The first-order valence-corrected chi connectivity index (χ1v) is 31.7. The Morgan fingerprint density at radius 2 is 1.42 bits per heavy atom. The molecule has 3 fully saturated rings. The van der Waals surface area contributed by atoms with Gasteiger partial charge in [-0.05, 0) is 79.8 Å². The smallest absolute Gasteiger partial charge is 0.391 e. The summed E-state index contributed by atoms with van der Waals surface area (Å²) in [5.41, 5.74) is 3.09. The quantitative estimate of drug-likeness (QED) is 0.0250. The van der Waals surface area contributed by atoms with Crippen molar-refractivity contribution in [1.29, 1.82) is 0 Å². The molecule has 5 heterocycles. The first-order valence-electron chi connectivity index (χ1n) is 30.8. The zero-order valence-corrected chi connectivity index (χ0v) is 53.6. The zero-order chi connectivity index (χ0) is 65.6. The number of hydrogen-bond acceptors (Lipinski definition) is 16. The van der Waals surface area contributed by atoms with Crippen LogP contribution in [0.1, 0.15) is 86.6 Å². The van der Waals surface area contributed by atoms with E-state index in [0.29, 0.717) is 50.0 Å². The highest BCUT2D eigenvalue weighted by atomic mass is 32.1. The summed E-state index contributed by atoms with van der Waals surface area (Å²) in [4.78, 5) is 96.4. The fraction of sp³-hybridized carbons (Fsp3) is 0.523. The number of hydrogen-bond donors (Lipinski definition) is 6. The van der Waals surface area contributed by atoms with Gasteiger partial charge in [-0.1, -0.05) is 57.2 Å². The third kappa shape index (κ3) is 19.4. The summed E-state index contributed by atoms with van der Waals surface area (Å²) < 4.78 is 74.7. The number of aromatic amines is 1. The largest absolute Gasteiger partial charge is 0.417 e. The molecule has 8 rings (SSSR count). The topological polar surface area (TPSA) is 243 Å². The second-order valence-corrected chi connectivity index (χ2v) is 25.5. The summed E-state index contributed by atoms with van der Waals surface area (Å²) in [6, 6.07) is 16.4. The Morgan fingerprint density at radius 1 is 0.791 bits per heavy atom. The van der Waals surface area contributed by atoms with Gasteiger partial charge in [-0.25, -0.2) is 9.37 Å². The number of ether oxygens (including phenoxy) is 3. The second-order valence-electron chi connectivity index (χ2n) is 24.6. The molecule has 3 aliphatic heterocycles. The lowest BCUT2D eigenvalue weighted by molar-refractivity contribution is -0.144. The number of carbonyl (C=O) groups excluding carboxylic acids is 5. The van der Waals surface area contributed by atoms with Gasteiger partial charge in [-0.2, -0.15) is 13.2 Å². The number of thiazole rings is 1. The van der Waals surface area contributed by atoms with E-state index in [1.54, 1.807) is 47.2 Å². The van der Waals surface area contributed by atoms with Crippen molar-refractivity contribution in [1.82, 2.24) is 45.5 Å². The summed E-state index contributed by atoms with van der Waals surface area (Å²) in [7, 11) is 2.01. The third-order valence-electron chi connectivity index (χ3n) is 16.8. The van der Waals surface area contributed by atoms with Gasteiger partial charge in [-0.3, -0.25) is 43.5 Å². The Kier molecular flexibility index (Phi) is 24.4. The number of aliphatic hydroxyl groups excluding tert-OH is 1. The third-order valence-corrected chi connectivity index (χ3v) is 17.8. The molecule has 5 atom stereocenters. The number of nitrogens with one attached hydrogen (secondary N) is 5. The number of piperazine rings is 2. The van der Waals surface area contributed by atoms with Crippen LogP contribution >= 0.6 is 11.3 Å². The minimum Gasteiger partial charge on any atom is -0.391 e. The first kappa shape index (κ1) is 69.7. The Hall–Kier alpha value is -7.17. The van der Waals surface area contributed by atoms with Gasteiger partial charge < -0.3 is 55.4 Å². The molecule has 21 nitrogen and oxygen atoms in total. The lowest BCUT2D eigenvalue weighted by Crippen LogP contribution is -2.57. The molecule has 5 aromatic rings. The van der Waals surface area contributed by atoms with Crippen molar-refractivity contribution >= 4 is 52.2 Å². The van der Waals surface area contributed by atoms with Crippen LogP contribution in [-0.4, -0.2) is 200 Å². The van der Waals surface area contributed by atoms with Gasteiger partial charge in [0.2, 0.25) is 29.2 Å². The number of β-amino-alcohol motifs (C(OH)–C–C–N with tert-alkyl or cyclic N) is 1. The van der Waals surface area contributed by atoms with Gasteiger partial charge in [0.05, 0.1) is 84.3 Å². The van der Waals surface area contributed by atoms with Crippen molar-refractivity contribution in [2.24, 2.45) is 5.41 Å². The van der Waals surface area contributed by atoms with Crippen LogP contribution in [0.2, 0.25) is 0 Å². The number of alkyl halides is 3. The van der Waals surface area contributed by atoms with Gasteiger partial charge in [0.15, 0.2) is 0 Å². The number of anilines is 2. The molecule has 26 heteroatoms. The monoisotopic (exact) mass is 1290 g/mol. The fourth-order valence-corrected chi connectivity index (χ4v) is 12.2. The predicted octanol–water partition coefficient (Wildman–Crippen LogP) is 6.29. The molecule has 5 amide bonds. The Balaban J connectivity index is 0.687. The molecular weight excluding hydrogens is 1200 g/mol. The molecule has 3 aliphatic rings. The molecule has 3 aromatic carbocycles. The summed E-state index contributed by atoms with van der Waals surface area (Å²) in [5, 5.41) is 22.0. The van der Waals surface area contributed by atoms with Crippen molar-refractivity contribution < 1.29 is 60.9 Å². The summed E-state index contributed by atoms with van der Waals surface area (Å²) in [5.74, 6) is -2.97. The second kappa shape index (κ2) is 31.9. The van der Waals surface area contributed by atoms with E-state index >= 15 is 4.39 Å². The van der Waals surface area contributed by atoms with Crippen LogP contribution in [0.15, 0.2) is 83.2 Å². The predicted molar refractivity (Wildman–Crippen MR) is 339 cm³/mol. The number of aromatic nitrogens is 2. The van der Waals surface area contributed by atoms with E-state index in [-0.39, 0.29) is 107 Å². The minimum atomic E-state index is -4.97. The first-order chi connectivity index (χ1) is 43.3. The van der Waals surface area contributed by atoms with E-state index in [9.17, 15) is 47.0 Å². The molecule has 0 radical (unpaired) electrons. The average Bonchev–Trinajstić information content (AvgIpc) is 0.955. The van der Waals surface area contributed by atoms with Crippen LogP contribution in [0.5, 0.6) is 0 Å². The Bertz CT molecular complexity index is 3340. The van der Waals surface area contributed by atoms with Crippen LogP contribution in [0.4, 0.5) is 28.9 Å². The number of H-pyrrole nitrogens is 1. The van der Waals surface area contributed by atoms with Crippen molar-refractivity contribution in [3.8, 4) is 21.6 Å². The molecule has 3 saturated heterocycles. The summed E-state index contributed by atoms with van der Waals surface area (Å²) in [6.07, 6.45) is -4.88. The number of likely N-dealkylation sites (N-methyl/N-ethyl adjacent to an activating group) is 1. The maximum atomic E-state index is 15.7. The molecular formula is C65H85F4N11O10S. The molecule has 91 heavy (non-hydrogen) atoms. The van der Waals surface area contributed by atoms with E-state index in [1.165, 1.54) is 11.0 Å². The van der Waals surface area contributed by atoms with Gasteiger partial charge in [0, 0.05) is 121 Å². The number of carbonyl (C=O) groups is 5. The number of likely N-dealkylation sites (tertiary alicyclic amines) is 1. The highest BCUT2D eigenvalue weighted by molar-refractivity contribution is 7.13. The van der Waals surface area contributed by atoms with Crippen molar-refractivity contribution in [3.63, 3.8) is 0 Å². The SMILES string of the molecule is Cc1ncsc1-c1ccc(CNC(=O)[C@@H]2C[C@@H](O)CN2C(=O)C(NC(=O)CCOCCOCCOCCC(=O)NCCN2CCN(Cc3ccc(F)c(-c4ccc(N5C[C@@H](C)N(C)[C@@H](C)C5)c(NC(=O)c5c[nH]c(=O)cc5C(F)(F)F)c4)c3)CC2)C(C)(C)C)cc1. The van der Waals surface area contributed by atoms with Crippen molar-refractivity contribution in [3.05, 3.63) is 123 Å². The standard InChI is InChI=1S/C65H85F4N11O10S/c1-41-36-79(37-42(2)76(41)7)54-15-13-47(31-53(54)74-61(85)50-35-71-58(84)33-51(50)65(67,68)69)49-30-45(10-14-52(49)66)38-78-22-20-77(21-23-78)19-18-70-56(82)16-24-88-26-28-90-29-27-89-25-17-57(83)75-60(64(4,5)6)63(87)80-39-48(81)32-55(80)62(86)72-34-44-8-11-46(12-9-44)59-43(3)73-40-91-59/h8-15,30-31,33,35,40-42,48,55,60,81H,16-29,32,34,36-39H2,1-7H3,(H,70,82)(H,71,84)(H,72,86)(H,74,85)(H,75,83)/t41-,42+,48-,55+,60?/m1/s1. The van der Waals surface area contributed by atoms with Gasteiger partial charge in [0.1, 0.15) is 17.9 Å². The number of halogens is 4.